The van der Waals surface area contributed by atoms with Crippen molar-refractivity contribution in [2.24, 2.45) is 0 Å². The van der Waals surface area contributed by atoms with Crippen molar-refractivity contribution in [3.05, 3.63) is 75.8 Å². The summed E-state index contributed by atoms with van der Waals surface area (Å²) in [6, 6.07) is 13.6. The number of benzene rings is 2. The number of anilines is 1. The molecule has 0 fully saturated rings. The number of carbonyl (C=O) groups excluding carboxylic acids is 1. The molecule has 0 saturated heterocycles. The van der Waals surface area contributed by atoms with Gasteiger partial charge < -0.3 is 5.32 Å². The maximum absolute atomic E-state index is 12.5. The lowest BCUT2D eigenvalue weighted by Gasteiger charge is -2.15. The average Bonchev–Trinajstić information content (AvgIpc) is 2.63. The van der Waals surface area contributed by atoms with Crippen LogP contribution >= 0.6 is 11.6 Å². The first-order chi connectivity index (χ1) is 12.5. The zero-order valence-corrected chi connectivity index (χ0v) is 15.1. The highest BCUT2D eigenvalue weighted by Gasteiger charge is 2.19. The third-order valence-corrected chi connectivity index (χ3v) is 4.26. The number of carbonyl (C=O) groups is 1. The summed E-state index contributed by atoms with van der Waals surface area (Å²) in [7, 11) is 0. The highest BCUT2D eigenvalue weighted by Crippen LogP contribution is 2.18. The third-order valence-electron chi connectivity index (χ3n) is 4.01. The highest BCUT2D eigenvalue weighted by atomic mass is 35.5. The molecular weight excluding hydrogens is 352 g/mol. The molecular formula is C19H17ClN4O2. The van der Waals surface area contributed by atoms with Gasteiger partial charge >= 0.3 is 5.69 Å². The fourth-order valence-corrected chi connectivity index (χ4v) is 2.56. The molecule has 1 amide bonds. The van der Waals surface area contributed by atoms with Crippen molar-refractivity contribution in [2.75, 3.05) is 5.32 Å². The molecule has 3 rings (SSSR count). The van der Waals surface area contributed by atoms with E-state index < -0.39 is 11.7 Å². The first-order valence-corrected chi connectivity index (χ1v) is 8.42. The van der Waals surface area contributed by atoms with E-state index in [0.717, 1.165) is 15.8 Å². The Kier molecular flexibility index (Phi) is 5.14. The van der Waals surface area contributed by atoms with E-state index in [2.05, 4.69) is 15.4 Å². The second kappa shape index (κ2) is 7.49. The molecule has 0 radical (unpaired) electrons. The molecule has 1 heterocycles. The number of rotatable bonds is 4. The van der Waals surface area contributed by atoms with Gasteiger partial charge in [0, 0.05) is 16.3 Å². The zero-order valence-electron chi connectivity index (χ0n) is 14.3. The molecule has 6 nitrogen and oxygen atoms in total. The van der Waals surface area contributed by atoms with Crippen LogP contribution in [0.15, 0.2) is 59.5 Å². The quantitative estimate of drug-likeness (QED) is 0.765. The van der Waals surface area contributed by atoms with E-state index in [1.54, 1.807) is 37.3 Å². The number of nitrogens with zero attached hydrogens (tertiary/aromatic N) is 3. The van der Waals surface area contributed by atoms with Crippen molar-refractivity contribution >= 4 is 23.2 Å². The van der Waals surface area contributed by atoms with Crippen LogP contribution < -0.4 is 11.0 Å². The molecule has 7 heteroatoms. The van der Waals surface area contributed by atoms with E-state index in [9.17, 15) is 9.59 Å². The Balaban J connectivity index is 1.82. The van der Waals surface area contributed by atoms with Crippen LogP contribution in [0.4, 0.5) is 5.69 Å². The van der Waals surface area contributed by atoms with E-state index in [1.807, 2.05) is 25.1 Å². The standard InChI is InChI=1S/C19H17ClN4O2/c1-12-5-3-4-6-16(12)22-18(25)13(2)24-19(26)23-17(11-21-24)14-7-9-15(20)10-8-14/h3-11,13H,1-2H3,(H,22,25)/t13-/m1/s1. The van der Waals surface area contributed by atoms with Crippen molar-refractivity contribution in [2.45, 2.75) is 19.9 Å². The summed E-state index contributed by atoms with van der Waals surface area (Å²) < 4.78 is 1.06. The van der Waals surface area contributed by atoms with Gasteiger partial charge in [-0.3, -0.25) is 4.79 Å². The normalized spacial score (nSPS) is 11.8. The third kappa shape index (κ3) is 3.81. The van der Waals surface area contributed by atoms with Gasteiger partial charge in [0.15, 0.2) is 0 Å². The minimum atomic E-state index is -0.797. The van der Waals surface area contributed by atoms with Crippen LogP contribution in [0, 0.1) is 6.92 Å². The Morgan fingerprint density at radius 1 is 1.15 bits per heavy atom. The SMILES string of the molecule is Cc1ccccc1NC(=O)[C@@H](C)n1ncc(-c2ccc(Cl)cc2)nc1=O. The molecule has 26 heavy (non-hydrogen) atoms. The van der Waals surface area contributed by atoms with Crippen molar-refractivity contribution in [1.82, 2.24) is 14.8 Å². The van der Waals surface area contributed by atoms with Gasteiger partial charge in [-0.1, -0.05) is 41.9 Å². The molecule has 0 aliphatic rings. The lowest BCUT2D eigenvalue weighted by atomic mass is 10.2. The van der Waals surface area contributed by atoms with Gasteiger partial charge in [0.05, 0.1) is 11.9 Å². The summed E-state index contributed by atoms with van der Waals surface area (Å²) in [6.45, 7) is 3.50. The summed E-state index contributed by atoms with van der Waals surface area (Å²) in [4.78, 5) is 28.8. The lowest BCUT2D eigenvalue weighted by molar-refractivity contribution is -0.119. The molecule has 0 bridgehead atoms. The smallest absolute Gasteiger partial charge is 0.324 e. The number of para-hydroxylation sites is 1. The maximum Gasteiger partial charge on any atom is 0.365 e. The second-order valence-electron chi connectivity index (χ2n) is 5.86. The number of hydrogen-bond donors (Lipinski definition) is 1. The molecule has 0 aliphatic heterocycles. The summed E-state index contributed by atoms with van der Waals surface area (Å²) in [5.74, 6) is -0.338. The van der Waals surface area contributed by atoms with Gasteiger partial charge in [-0.05, 0) is 37.6 Å². The second-order valence-corrected chi connectivity index (χ2v) is 6.29. The molecule has 0 aliphatic carbocycles. The largest absolute Gasteiger partial charge is 0.365 e. The van der Waals surface area contributed by atoms with Gasteiger partial charge in [0.2, 0.25) is 5.91 Å². The summed E-state index contributed by atoms with van der Waals surface area (Å²) in [6.07, 6.45) is 1.46. The van der Waals surface area contributed by atoms with Crippen molar-refractivity contribution in [3.8, 4) is 11.3 Å². The first-order valence-electron chi connectivity index (χ1n) is 8.04. The van der Waals surface area contributed by atoms with Crippen LogP contribution in [-0.4, -0.2) is 20.7 Å². The van der Waals surface area contributed by atoms with Gasteiger partial charge in [0.25, 0.3) is 0 Å². The first kappa shape index (κ1) is 17.8. The predicted molar refractivity (Wildman–Crippen MR) is 101 cm³/mol. The predicted octanol–water partition coefficient (Wildman–Crippen LogP) is 3.47. The van der Waals surface area contributed by atoms with Crippen LogP contribution in [0.1, 0.15) is 18.5 Å². The molecule has 3 aromatic rings. The van der Waals surface area contributed by atoms with Crippen LogP contribution in [0.2, 0.25) is 5.02 Å². The number of aromatic nitrogens is 3. The molecule has 1 atom stereocenters. The van der Waals surface area contributed by atoms with Crippen molar-refractivity contribution in [1.29, 1.82) is 0 Å². The highest BCUT2D eigenvalue weighted by molar-refractivity contribution is 6.30. The molecule has 1 N–H and O–H groups in total. The van der Waals surface area contributed by atoms with E-state index in [-0.39, 0.29) is 5.91 Å². The molecule has 132 valence electrons. The van der Waals surface area contributed by atoms with Gasteiger partial charge in [-0.15, -0.1) is 0 Å². The average molecular weight is 369 g/mol. The summed E-state index contributed by atoms with van der Waals surface area (Å²) in [5.41, 5.74) is 2.19. The van der Waals surface area contributed by atoms with Crippen molar-refractivity contribution < 1.29 is 4.79 Å². The number of amides is 1. The summed E-state index contributed by atoms with van der Waals surface area (Å²) >= 11 is 5.86. The fraction of sp³-hybridized carbons (Fsp3) is 0.158. The summed E-state index contributed by atoms with van der Waals surface area (Å²) in [5, 5.41) is 7.51. The Bertz CT molecular complexity index is 999. The molecule has 2 aromatic carbocycles. The Morgan fingerprint density at radius 2 is 1.85 bits per heavy atom. The number of nitrogens with one attached hydrogen (secondary N) is 1. The monoisotopic (exact) mass is 368 g/mol. The van der Waals surface area contributed by atoms with Crippen LogP contribution in [0.5, 0.6) is 0 Å². The zero-order chi connectivity index (χ0) is 18.7. The van der Waals surface area contributed by atoms with E-state index in [1.165, 1.54) is 6.20 Å². The molecule has 1 aromatic heterocycles. The van der Waals surface area contributed by atoms with Gasteiger partial charge in [-0.2, -0.15) is 10.1 Å². The van der Waals surface area contributed by atoms with E-state index >= 15 is 0 Å². The number of halogens is 1. The Hall–Kier alpha value is -2.99. The number of aryl methyl sites for hydroxylation is 1. The Morgan fingerprint density at radius 3 is 2.50 bits per heavy atom. The minimum absolute atomic E-state index is 0.338. The maximum atomic E-state index is 12.5. The Labute approximate surface area is 155 Å². The van der Waals surface area contributed by atoms with Crippen LogP contribution in [-0.2, 0) is 4.79 Å². The van der Waals surface area contributed by atoms with Crippen LogP contribution in [0.25, 0.3) is 11.3 Å². The fourth-order valence-electron chi connectivity index (χ4n) is 2.44. The number of hydrogen-bond acceptors (Lipinski definition) is 4. The minimum Gasteiger partial charge on any atom is -0.324 e. The molecule has 0 spiro atoms. The van der Waals surface area contributed by atoms with Gasteiger partial charge in [-0.25, -0.2) is 9.48 Å². The molecule has 0 saturated carbocycles. The van der Waals surface area contributed by atoms with Gasteiger partial charge in [0.1, 0.15) is 6.04 Å². The van der Waals surface area contributed by atoms with E-state index in [0.29, 0.717) is 16.4 Å². The lowest BCUT2D eigenvalue weighted by Crippen LogP contribution is -2.35. The molecule has 0 unspecified atom stereocenters. The van der Waals surface area contributed by atoms with E-state index in [4.69, 9.17) is 11.6 Å². The van der Waals surface area contributed by atoms with Crippen molar-refractivity contribution in [3.63, 3.8) is 0 Å². The van der Waals surface area contributed by atoms with Crippen LogP contribution in [0.3, 0.4) is 0 Å². The topological polar surface area (TPSA) is 76.9 Å².